The Bertz CT molecular complexity index is 348. The molecule has 1 aliphatic heterocycles. The SMILES string of the molecule is CCC(C)(CN)C(=O)N1CCN(C)C(=O)C1(C)C. The third kappa shape index (κ3) is 2.23. The molecule has 2 N–H and O–H groups in total. The van der Waals surface area contributed by atoms with Crippen molar-refractivity contribution in [2.45, 2.75) is 39.7 Å². The molecule has 1 unspecified atom stereocenters. The number of nitrogens with zero attached hydrogens (tertiary/aromatic N) is 2. The standard InChI is InChI=1S/C13H25N3O2/c1-6-13(4,9-14)11(18)16-8-7-15(5)10(17)12(16,2)3/h6-9,14H2,1-5H3. The molecule has 0 aliphatic carbocycles. The van der Waals surface area contributed by atoms with Gasteiger partial charge in [-0.15, -0.1) is 0 Å². The normalized spacial score (nSPS) is 22.9. The number of likely N-dealkylation sites (N-methyl/N-ethyl adjacent to an activating group) is 1. The number of carbonyl (C=O) groups excluding carboxylic acids is 2. The zero-order chi connectivity index (χ0) is 14.1. The molecule has 0 bridgehead atoms. The summed E-state index contributed by atoms with van der Waals surface area (Å²) in [6, 6.07) is 0. The molecule has 1 rings (SSSR count). The Morgan fingerprint density at radius 1 is 1.44 bits per heavy atom. The van der Waals surface area contributed by atoms with Crippen LogP contribution in [0, 0.1) is 5.41 Å². The highest BCUT2D eigenvalue weighted by molar-refractivity contribution is 5.93. The lowest BCUT2D eigenvalue weighted by Crippen LogP contribution is -2.66. The summed E-state index contributed by atoms with van der Waals surface area (Å²) in [5, 5.41) is 0. The summed E-state index contributed by atoms with van der Waals surface area (Å²) in [5.74, 6) is -0.0310. The summed E-state index contributed by atoms with van der Waals surface area (Å²) >= 11 is 0. The fourth-order valence-corrected chi connectivity index (χ4v) is 2.28. The number of amides is 2. The third-order valence-electron chi connectivity index (χ3n) is 4.20. The van der Waals surface area contributed by atoms with Gasteiger partial charge in [0.2, 0.25) is 11.8 Å². The van der Waals surface area contributed by atoms with Crippen molar-refractivity contribution in [3.63, 3.8) is 0 Å². The Morgan fingerprint density at radius 3 is 2.44 bits per heavy atom. The fourth-order valence-electron chi connectivity index (χ4n) is 2.28. The molecule has 2 amide bonds. The van der Waals surface area contributed by atoms with Gasteiger partial charge in [0.1, 0.15) is 5.54 Å². The van der Waals surface area contributed by atoms with Crippen LogP contribution in [-0.2, 0) is 9.59 Å². The molecule has 0 aromatic heterocycles. The molecule has 0 aromatic carbocycles. The first-order valence-corrected chi connectivity index (χ1v) is 6.48. The highest BCUT2D eigenvalue weighted by atomic mass is 16.2. The van der Waals surface area contributed by atoms with E-state index in [1.165, 1.54) is 0 Å². The molecular weight excluding hydrogens is 230 g/mol. The van der Waals surface area contributed by atoms with Crippen LogP contribution in [-0.4, -0.2) is 53.8 Å². The number of piperazine rings is 1. The molecular formula is C13H25N3O2. The van der Waals surface area contributed by atoms with Gasteiger partial charge in [-0.3, -0.25) is 9.59 Å². The molecule has 0 radical (unpaired) electrons. The lowest BCUT2D eigenvalue weighted by atomic mass is 9.83. The average molecular weight is 255 g/mol. The third-order valence-corrected chi connectivity index (χ3v) is 4.20. The lowest BCUT2D eigenvalue weighted by Gasteiger charge is -2.47. The highest BCUT2D eigenvalue weighted by Crippen LogP contribution is 2.30. The predicted octanol–water partition coefficient (Wildman–Crippen LogP) is 0.441. The number of hydrogen-bond acceptors (Lipinski definition) is 3. The molecule has 104 valence electrons. The van der Waals surface area contributed by atoms with Crippen LogP contribution in [0.15, 0.2) is 0 Å². The Hall–Kier alpha value is -1.10. The van der Waals surface area contributed by atoms with Gasteiger partial charge in [-0.1, -0.05) is 6.92 Å². The van der Waals surface area contributed by atoms with E-state index >= 15 is 0 Å². The topological polar surface area (TPSA) is 66.6 Å². The van der Waals surface area contributed by atoms with Gasteiger partial charge in [0.25, 0.3) is 0 Å². The summed E-state index contributed by atoms with van der Waals surface area (Å²) < 4.78 is 0. The van der Waals surface area contributed by atoms with Crippen LogP contribution in [0.2, 0.25) is 0 Å². The van der Waals surface area contributed by atoms with Crippen LogP contribution in [0.25, 0.3) is 0 Å². The smallest absolute Gasteiger partial charge is 0.247 e. The van der Waals surface area contributed by atoms with Gasteiger partial charge in [0, 0.05) is 26.7 Å². The van der Waals surface area contributed by atoms with Gasteiger partial charge in [-0.25, -0.2) is 0 Å². The fraction of sp³-hybridized carbons (Fsp3) is 0.846. The van der Waals surface area contributed by atoms with Crippen LogP contribution in [0.5, 0.6) is 0 Å². The van der Waals surface area contributed by atoms with Crippen LogP contribution in [0.1, 0.15) is 34.1 Å². The van der Waals surface area contributed by atoms with E-state index in [2.05, 4.69) is 0 Å². The van der Waals surface area contributed by atoms with Crippen LogP contribution in [0.4, 0.5) is 0 Å². The van der Waals surface area contributed by atoms with E-state index in [4.69, 9.17) is 5.73 Å². The number of rotatable bonds is 3. The van der Waals surface area contributed by atoms with E-state index in [1.807, 2.05) is 13.8 Å². The summed E-state index contributed by atoms with van der Waals surface area (Å²) in [6.45, 7) is 8.88. The number of hydrogen-bond donors (Lipinski definition) is 1. The maximum atomic E-state index is 12.6. The zero-order valence-corrected chi connectivity index (χ0v) is 12.1. The summed E-state index contributed by atoms with van der Waals surface area (Å²) in [7, 11) is 1.77. The minimum Gasteiger partial charge on any atom is -0.342 e. The molecule has 0 aromatic rings. The molecule has 0 spiro atoms. The molecule has 5 heteroatoms. The molecule has 1 saturated heterocycles. The monoisotopic (exact) mass is 255 g/mol. The van der Waals surface area contributed by atoms with Crippen LogP contribution < -0.4 is 5.73 Å². The Morgan fingerprint density at radius 2 is 2.00 bits per heavy atom. The largest absolute Gasteiger partial charge is 0.342 e. The van der Waals surface area contributed by atoms with Crippen molar-refractivity contribution in [1.29, 1.82) is 0 Å². The van der Waals surface area contributed by atoms with E-state index < -0.39 is 11.0 Å². The first-order valence-electron chi connectivity index (χ1n) is 6.48. The first kappa shape index (κ1) is 15.0. The molecule has 0 saturated carbocycles. The zero-order valence-electron chi connectivity index (χ0n) is 12.1. The maximum absolute atomic E-state index is 12.6. The second kappa shape index (κ2) is 4.88. The summed E-state index contributed by atoms with van der Waals surface area (Å²) in [4.78, 5) is 28.2. The minimum absolute atomic E-state index is 0.0149. The van der Waals surface area contributed by atoms with Crippen LogP contribution >= 0.6 is 0 Å². The molecule has 1 atom stereocenters. The van der Waals surface area contributed by atoms with E-state index in [1.54, 1.807) is 30.7 Å². The number of carbonyl (C=O) groups is 2. The predicted molar refractivity (Wildman–Crippen MR) is 70.9 cm³/mol. The van der Waals surface area contributed by atoms with Gasteiger partial charge >= 0.3 is 0 Å². The maximum Gasteiger partial charge on any atom is 0.247 e. The molecule has 1 heterocycles. The molecule has 18 heavy (non-hydrogen) atoms. The van der Waals surface area contributed by atoms with Gasteiger partial charge in [0.15, 0.2) is 0 Å². The first-order chi connectivity index (χ1) is 8.20. The van der Waals surface area contributed by atoms with Gasteiger partial charge < -0.3 is 15.5 Å². The van der Waals surface area contributed by atoms with Gasteiger partial charge in [0.05, 0.1) is 5.41 Å². The molecule has 5 nitrogen and oxygen atoms in total. The van der Waals surface area contributed by atoms with Crippen molar-refractivity contribution in [2.75, 3.05) is 26.7 Å². The van der Waals surface area contributed by atoms with Crippen molar-refractivity contribution in [2.24, 2.45) is 11.1 Å². The second-order valence-corrected chi connectivity index (χ2v) is 5.86. The van der Waals surface area contributed by atoms with Crippen molar-refractivity contribution < 1.29 is 9.59 Å². The Balaban J connectivity index is 3.03. The van der Waals surface area contributed by atoms with E-state index in [0.29, 0.717) is 26.1 Å². The number of nitrogens with two attached hydrogens (primary N) is 1. The van der Waals surface area contributed by atoms with E-state index in [-0.39, 0.29) is 11.8 Å². The highest BCUT2D eigenvalue weighted by Gasteiger charge is 2.47. The Kier molecular flexibility index (Phi) is 4.05. The van der Waals surface area contributed by atoms with Crippen molar-refractivity contribution in [1.82, 2.24) is 9.80 Å². The molecule has 1 aliphatic rings. The van der Waals surface area contributed by atoms with Gasteiger partial charge in [-0.05, 0) is 27.2 Å². The summed E-state index contributed by atoms with van der Waals surface area (Å²) in [6.07, 6.45) is 0.680. The van der Waals surface area contributed by atoms with Crippen molar-refractivity contribution in [3.8, 4) is 0 Å². The second-order valence-electron chi connectivity index (χ2n) is 5.86. The quantitative estimate of drug-likeness (QED) is 0.796. The summed E-state index contributed by atoms with van der Waals surface area (Å²) in [5.41, 5.74) is 4.37. The lowest BCUT2D eigenvalue weighted by molar-refractivity contribution is -0.162. The van der Waals surface area contributed by atoms with Crippen molar-refractivity contribution in [3.05, 3.63) is 0 Å². The molecule has 1 fully saturated rings. The van der Waals surface area contributed by atoms with E-state index in [9.17, 15) is 9.59 Å². The van der Waals surface area contributed by atoms with E-state index in [0.717, 1.165) is 0 Å². The van der Waals surface area contributed by atoms with Crippen LogP contribution in [0.3, 0.4) is 0 Å². The van der Waals surface area contributed by atoms with Crippen molar-refractivity contribution >= 4 is 11.8 Å². The minimum atomic E-state index is -0.782. The van der Waals surface area contributed by atoms with Gasteiger partial charge in [-0.2, -0.15) is 0 Å². The Labute approximate surface area is 109 Å². The average Bonchev–Trinajstić information content (AvgIpc) is 2.34.